The van der Waals surface area contributed by atoms with Gasteiger partial charge in [0.15, 0.2) is 6.10 Å². The molecule has 154 valence electrons. The Morgan fingerprint density at radius 3 is 2.59 bits per heavy atom. The maximum atomic E-state index is 12.9. The van der Waals surface area contributed by atoms with Crippen molar-refractivity contribution in [3.63, 3.8) is 0 Å². The fourth-order valence-corrected chi connectivity index (χ4v) is 4.20. The number of hydrogen-bond acceptors (Lipinski definition) is 5. The number of likely N-dealkylation sites (N-methyl/N-ethyl adjacent to an activating group) is 1. The number of fused-ring (bicyclic) bond motifs is 1. The second-order valence-corrected chi connectivity index (χ2v) is 8.15. The van der Waals surface area contributed by atoms with Crippen LogP contribution in [-0.4, -0.2) is 55.3 Å². The normalized spacial score (nSPS) is 13.2. The van der Waals surface area contributed by atoms with Crippen molar-refractivity contribution in [1.29, 1.82) is 0 Å². The molecule has 0 aliphatic rings. The molecule has 3 rings (SSSR count). The van der Waals surface area contributed by atoms with Crippen LogP contribution in [0.1, 0.15) is 16.1 Å². The SMILES string of the molecule is COC(C(=O)N(C)OC)C(Cc1ccccc1)NC(=O)c1cc2cc(Cl)sc2[nH]1. The number of carbonyl (C=O) groups excluding carboxylic acids is 2. The molecule has 2 N–H and O–H groups in total. The van der Waals surface area contributed by atoms with Crippen molar-refractivity contribution >= 4 is 45.0 Å². The highest BCUT2D eigenvalue weighted by molar-refractivity contribution is 7.22. The van der Waals surface area contributed by atoms with Gasteiger partial charge in [0.1, 0.15) is 10.5 Å². The number of benzene rings is 1. The van der Waals surface area contributed by atoms with Crippen LogP contribution in [0.3, 0.4) is 0 Å². The lowest BCUT2D eigenvalue weighted by Gasteiger charge is -2.28. The number of aromatic amines is 1. The second kappa shape index (κ2) is 9.41. The van der Waals surface area contributed by atoms with Crippen LogP contribution in [0.15, 0.2) is 42.5 Å². The monoisotopic (exact) mass is 435 g/mol. The highest BCUT2D eigenvalue weighted by Crippen LogP contribution is 2.29. The first-order chi connectivity index (χ1) is 13.9. The van der Waals surface area contributed by atoms with Crippen molar-refractivity contribution < 1.29 is 19.2 Å². The van der Waals surface area contributed by atoms with E-state index in [1.54, 1.807) is 12.1 Å². The fraction of sp³-hybridized carbons (Fsp3) is 0.300. The van der Waals surface area contributed by atoms with Crippen molar-refractivity contribution in [3.05, 3.63) is 58.1 Å². The number of methoxy groups -OCH3 is 1. The van der Waals surface area contributed by atoms with E-state index in [-0.39, 0.29) is 5.91 Å². The molecule has 0 radical (unpaired) electrons. The van der Waals surface area contributed by atoms with Crippen molar-refractivity contribution in [3.8, 4) is 0 Å². The highest BCUT2D eigenvalue weighted by Gasteiger charge is 2.33. The summed E-state index contributed by atoms with van der Waals surface area (Å²) in [7, 11) is 4.33. The number of hydrogen-bond donors (Lipinski definition) is 2. The van der Waals surface area contributed by atoms with Crippen LogP contribution in [0.5, 0.6) is 0 Å². The zero-order valence-corrected chi connectivity index (χ0v) is 17.8. The van der Waals surface area contributed by atoms with Crippen LogP contribution in [0, 0.1) is 0 Å². The Morgan fingerprint density at radius 2 is 1.97 bits per heavy atom. The molecule has 0 aliphatic heterocycles. The molecule has 1 aromatic carbocycles. The van der Waals surface area contributed by atoms with Crippen LogP contribution < -0.4 is 5.32 Å². The molecule has 0 bridgehead atoms. The van der Waals surface area contributed by atoms with Crippen molar-refractivity contribution in [2.75, 3.05) is 21.3 Å². The Morgan fingerprint density at radius 1 is 1.24 bits per heavy atom. The molecule has 0 fully saturated rings. The molecule has 3 aromatic rings. The van der Waals surface area contributed by atoms with Gasteiger partial charge in [-0.25, -0.2) is 5.06 Å². The summed E-state index contributed by atoms with van der Waals surface area (Å²) in [5, 5.41) is 4.88. The highest BCUT2D eigenvalue weighted by atomic mass is 35.5. The van der Waals surface area contributed by atoms with Gasteiger partial charge in [-0.1, -0.05) is 41.9 Å². The summed E-state index contributed by atoms with van der Waals surface area (Å²) in [6.45, 7) is 0. The fourth-order valence-electron chi connectivity index (χ4n) is 3.07. The van der Waals surface area contributed by atoms with E-state index in [0.29, 0.717) is 16.5 Å². The Labute approximate surface area is 177 Å². The van der Waals surface area contributed by atoms with E-state index in [0.717, 1.165) is 20.8 Å². The van der Waals surface area contributed by atoms with Gasteiger partial charge in [0.2, 0.25) is 0 Å². The third kappa shape index (κ3) is 4.97. The molecule has 7 nitrogen and oxygen atoms in total. The van der Waals surface area contributed by atoms with E-state index in [1.807, 2.05) is 30.3 Å². The van der Waals surface area contributed by atoms with Gasteiger partial charge in [0.25, 0.3) is 11.8 Å². The van der Waals surface area contributed by atoms with E-state index >= 15 is 0 Å². The minimum absolute atomic E-state index is 0.333. The number of nitrogens with zero attached hydrogens (tertiary/aromatic N) is 1. The minimum Gasteiger partial charge on any atom is -0.369 e. The van der Waals surface area contributed by atoms with Crippen molar-refractivity contribution in [1.82, 2.24) is 15.4 Å². The second-order valence-electron chi connectivity index (χ2n) is 6.46. The number of ether oxygens (including phenoxy) is 1. The third-order valence-electron chi connectivity index (χ3n) is 4.59. The van der Waals surface area contributed by atoms with Crippen molar-refractivity contribution in [2.45, 2.75) is 18.6 Å². The molecule has 0 saturated heterocycles. The molecule has 2 atom stereocenters. The summed E-state index contributed by atoms with van der Waals surface area (Å²) < 4.78 is 6.10. The molecule has 2 unspecified atom stereocenters. The lowest BCUT2D eigenvalue weighted by Crippen LogP contribution is -2.52. The average molecular weight is 436 g/mol. The molecule has 29 heavy (non-hydrogen) atoms. The molecule has 9 heteroatoms. The van der Waals surface area contributed by atoms with E-state index in [2.05, 4.69) is 10.3 Å². The summed E-state index contributed by atoms with van der Waals surface area (Å²) in [5.41, 5.74) is 1.36. The summed E-state index contributed by atoms with van der Waals surface area (Å²) in [6.07, 6.45) is -0.510. The standard InChI is InChI=1S/C20H22ClN3O4S/c1-24(28-3)20(26)17(27-2)14(9-12-7-5-4-6-8-12)22-18(25)15-10-13-11-16(21)29-19(13)23-15/h4-8,10-11,14,17,23H,9H2,1-3H3,(H,22,25). The Balaban J connectivity index is 1.85. The molecular formula is C20H22ClN3O4S. The number of thiophene rings is 1. The van der Waals surface area contributed by atoms with Gasteiger partial charge in [-0.3, -0.25) is 14.4 Å². The van der Waals surface area contributed by atoms with Gasteiger partial charge >= 0.3 is 0 Å². The Kier molecular flexibility index (Phi) is 6.92. The first kappa shape index (κ1) is 21.3. The predicted molar refractivity (Wildman–Crippen MR) is 113 cm³/mol. The van der Waals surface area contributed by atoms with Crippen molar-refractivity contribution in [2.24, 2.45) is 0 Å². The first-order valence-electron chi connectivity index (χ1n) is 8.90. The lowest BCUT2D eigenvalue weighted by molar-refractivity contribution is -0.180. The summed E-state index contributed by atoms with van der Waals surface area (Å²) in [5.74, 6) is -0.726. The number of carbonyl (C=O) groups is 2. The number of hydroxylamine groups is 2. The van der Waals surface area contributed by atoms with Crippen LogP contribution >= 0.6 is 22.9 Å². The summed E-state index contributed by atoms with van der Waals surface area (Å²) in [6, 6.07) is 12.5. The van der Waals surface area contributed by atoms with Gasteiger partial charge in [-0.05, 0) is 24.1 Å². The molecule has 0 spiro atoms. The summed E-state index contributed by atoms with van der Waals surface area (Å²) >= 11 is 7.36. The maximum absolute atomic E-state index is 12.9. The molecule has 0 aliphatic carbocycles. The number of aromatic nitrogens is 1. The zero-order valence-electron chi connectivity index (χ0n) is 16.3. The van der Waals surface area contributed by atoms with Gasteiger partial charge in [-0.15, -0.1) is 11.3 Å². The van der Waals surface area contributed by atoms with E-state index < -0.39 is 18.1 Å². The molecule has 2 amide bonds. The third-order valence-corrected chi connectivity index (χ3v) is 5.78. The Hall–Kier alpha value is -2.39. The smallest absolute Gasteiger partial charge is 0.277 e. The quantitative estimate of drug-likeness (QED) is 0.532. The number of rotatable bonds is 8. The van der Waals surface area contributed by atoms with Crippen LogP contribution in [-0.2, 0) is 20.8 Å². The van der Waals surface area contributed by atoms with Crippen LogP contribution in [0.25, 0.3) is 10.2 Å². The van der Waals surface area contributed by atoms with E-state index in [4.69, 9.17) is 21.2 Å². The predicted octanol–water partition coefficient (Wildman–Crippen LogP) is 3.26. The molecule has 0 saturated carbocycles. The van der Waals surface area contributed by atoms with Gasteiger partial charge < -0.3 is 15.0 Å². The van der Waals surface area contributed by atoms with Gasteiger partial charge in [-0.2, -0.15) is 0 Å². The van der Waals surface area contributed by atoms with Crippen LogP contribution in [0.4, 0.5) is 0 Å². The average Bonchev–Trinajstić information content (AvgIpc) is 3.26. The van der Waals surface area contributed by atoms with Crippen LogP contribution in [0.2, 0.25) is 4.34 Å². The first-order valence-corrected chi connectivity index (χ1v) is 10.1. The number of halogens is 1. The number of amides is 2. The topological polar surface area (TPSA) is 83.7 Å². The zero-order chi connectivity index (χ0) is 21.0. The Bertz CT molecular complexity index is 957. The van der Waals surface area contributed by atoms with E-state index in [9.17, 15) is 9.59 Å². The number of nitrogens with one attached hydrogen (secondary N) is 2. The number of H-pyrrole nitrogens is 1. The molecule has 2 aromatic heterocycles. The van der Waals surface area contributed by atoms with Gasteiger partial charge in [0, 0.05) is 19.5 Å². The van der Waals surface area contributed by atoms with E-state index in [1.165, 1.54) is 32.6 Å². The summed E-state index contributed by atoms with van der Waals surface area (Å²) in [4.78, 5) is 34.5. The molecule has 2 heterocycles. The lowest BCUT2D eigenvalue weighted by atomic mass is 10.00. The largest absolute Gasteiger partial charge is 0.369 e. The molecular weight excluding hydrogens is 414 g/mol. The minimum atomic E-state index is -0.922. The van der Waals surface area contributed by atoms with Gasteiger partial charge in [0.05, 0.1) is 17.5 Å². The maximum Gasteiger partial charge on any atom is 0.277 e.